The molecule has 112 valence electrons. The Balaban J connectivity index is 1.78. The average Bonchev–Trinajstić information content (AvgIpc) is 2.36. The minimum absolute atomic E-state index is 0.428. The summed E-state index contributed by atoms with van der Waals surface area (Å²) in [5.41, 5.74) is -0.428. The maximum absolute atomic E-state index is 10.7. The topological polar surface area (TPSA) is 32.3 Å². The fraction of sp³-hybridized carbons (Fsp3) is 1.00. The Morgan fingerprint density at radius 1 is 1.21 bits per heavy atom. The van der Waals surface area contributed by atoms with Gasteiger partial charge in [0.25, 0.3) is 0 Å². The molecule has 2 saturated carbocycles. The van der Waals surface area contributed by atoms with Crippen molar-refractivity contribution in [1.82, 2.24) is 5.32 Å². The molecule has 19 heavy (non-hydrogen) atoms. The summed E-state index contributed by atoms with van der Waals surface area (Å²) in [5.74, 6) is 2.38. The van der Waals surface area contributed by atoms with Gasteiger partial charge in [0, 0.05) is 12.6 Å². The molecule has 2 aliphatic rings. The molecular formula is C17H33NO. The molecular weight excluding hydrogens is 234 g/mol. The van der Waals surface area contributed by atoms with Crippen LogP contribution >= 0.6 is 0 Å². The van der Waals surface area contributed by atoms with Gasteiger partial charge < -0.3 is 10.4 Å². The fourth-order valence-corrected chi connectivity index (χ4v) is 4.15. The average molecular weight is 267 g/mol. The van der Waals surface area contributed by atoms with E-state index in [1.54, 1.807) is 0 Å². The van der Waals surface area contributed by atoms with E-state index in [1.807, 2.05) is 0 Å². The molecule has 0 aliphatic heterocycles. The standard InChI is InChI=1S/C17H33NO/c1-13(2)15-7-4-8-16(10-15)18-12-17(19)9-5-6-14(3)11-17/h13-16,18-19H,4-12H2,1-3H3. The molecule has 2 rings (SSSR count). The Morgan fingerprint density at radius 2 is 2.00 bits per heavy atom. The lowest BCUT2D eigenvalue weighted by Crippen LogP contribution is -2.48. The first-order valence-electron chi connectivity index (χ1n) is 8.44. The Labute approximate surface area is 119 Å². The lowest BCUT2D eigenvalue weighted by atomic mass is 9.77. The molecule has 0 radical (unpaired) electrons. The van der Waals surface area contributed by atoms with E-state index >= 15 is 0 Å². The summed E-state index contributed by atoms with van der Waals surface area (Å²) in [5, 5.41) is 14.4. The second kappa shape index (κ2) is 6.58. The Hall–Kier alpha value is -0.0800. The van der Waals surface area contributed by atoms with E-state index in [9.17, 15) is 5.11 Å². The van der Waals surface area contributed by atoms with E-state index in [0.717, 1.165) is 31.2 Å². The van der Waals surface area contributed by atoms with Crippen LogP contribution in [0, 0.1) is 17.8 Å². The zero-order chi connectivity index (χ0) is 13.9. The van der Waals surface area contributed by atoms with E-state index in [2.05, 4.69) is 26.1 Å². The summed E-state index contributed by atoms with van der Waals surface area (Å²) in [6.45, 7) is 7.79. The zero-order valence-corrected chi connectivity index (χ0v) is 13.1. The van der Waals surface area contributed by atoms with Gasteiger partial charge in [0.15, 0.2) is 0 Å². The second-order valence-electron chi connectivity index (χ2n) is 7.67. The summed E-state index contributed by atoms with van der Waals surface area (Å²) in [6.07, 6.45) is 9.83. The van der Waals surface area contributed by atoms with Crippen LogP contribution in [0.4, 0.5) is 0 Å². The summed E-state index contributed by atoms with van der Waals surface area (Å²) in [7, 11) is 0. The van der Waals surface area contributed by atoms with Crippen molar-refractivity contribution in [2.45, 2.75) is 83.8 Å². The molecule has 4 unspecified atom stereocenters. The maximum Gasteiger partial charge on any atom is 0.0774 e. The molecule has 2 fully saturated rings. The van der Waals surface area contributed by atoms with Crippen LogP contribution in [0.2, 0.25) is 0 Å². The van der Waals surface area contributed by atoms with Crippen LogP contribution in [-0.4, -0.2) is 23.3 Å². The normalized spacial score (nSPS) is 40.6. The first-order chi connectivity index (χ1) is 8.98. The number of hydrogen-bond donors (Lipinski definition) is 2. The van der Waals surface area contributed by atoms with Crippen LogP contribution in [0.3, 0.4) is 0 Å². The fourth-order valence-electron chi connectivity index (χ4n) is 4.15. The van der Waals surface area contributed by atoms with Gasteiger partial charge in [0.05, 0.1) is 5.60 Å². The van der Waals surface area contributed by atoms with Crippen molar-refractivity contribution in [3.63, 3.8) is 0 Å². The zero-order valence-electron chi connectivity index (χ0n) is 13.1. The lowest BCUT2D eigenvalue weighted by Gasteiger charge is -2.38. The SMILES string of the molecule is CC1CCCC(O)(CNC2CCCC(C(C)C)C2)C1. The largest absolute Gasteiger partial charge is 0.389 e. The molecule has 0 saturated heterocycles. The molecule has 2 heteroatoms. The molecule has 2 nitrogen and oxygen atoms in total. The van der Waals surface area contributed by atoms with Gasteiger partial charge >= 0.3 is 0 Å². The van der Waals surface area contributed by atoms with E-state index in [1.165, 1.54) is 38.5 Å². The molecule has 2 N–H and O–H groups in total. The van der Waals surface area contributed by atoms with E-state index in [0.29, 0.717) is 12.0 Å². The van der Waals surface area contributed by atoms with E-state index in [4.69, 9.17) is 0 Å². The molecule has 0 heterocycles. The number of aliphatic hydroxyl groups is 1. The summed E-state index contributed by atoms with van der Waals surface area (Å²) < 4.78 is 0. The van der Waals surface area contributed by atoms with Crippen molar-refractivity contribution in [3.05, 3.63) is 0 Å². The number of hydrogen-bond acceptors (Lipinski definition) is 2. The molecule has 0 aromatic carbocycles. The minimum Gasteiger partial charge on any atom is -0.389 e. The third-order valence-corrected chi connectivity index (χ3v) is 5.44. The molecule has 4 atom stereocenters. The van der Waals surface area contributed by atoms with Crippen molar-refractivity contribution < 1.29 is 5.11 Å². The highest BCUT2D eigenvalue weighted by molar-refractivity contribution is 4.89. The summed E-state index contributed by atoms with van der Waals surface area (Å²) in [4.78, 5) is 0. The van der Waals surface area contributed by atoms with Crippen LogP contribution in [-0.2, 0) is 0 Å². The Kier molecular flexibility index (Phi) is 5.30. The molecule has 0 aromatic rings. The maximum atomic E-state index is 10.7. The van der Waals surface area contributed by atoms with Gasteiger partial charge in [-0.05, 0) is 43.4 Å². The van der Waals surface area contributed by atoms with E-state index in [-0.39, 0.29) is 0 Å². The predicted molar refractivity (Wildman–Crippen MR) is 81.2 cm³/mol. The first-order valence-corrected chi connectivity index (χ1v) is 8.44. The van der Waals surface area contributed by atoms with Crippen LogP contribution in [0.1, 0.15) is 72.1 Å². The second-order valence-corrected chi connectivity index (χ2v) is 7.67. The number of rotatable bonds is 4. The van der Waals surface area contributed by atoms with Gasteiger partial charge in [-0.15, -0.1) is 0 Å². The third kappa shape index (κ3) is 4.46. The predicted octanol–water partition coefficient (Wildman–Crippen LogP) is 3.73. The van der Waals surface area contributed by atoms with Crippen LogP contribution in [0.5, 0.6) is 0 Å². The highest BCUT2D eigenvalue weighted by atomic mass is 16.3. The highest BCUT2D eigenvalue weighted by Crippen LogP contribution is 2.33. The van der Waals surface area contributed by atoms with Crippen molar-refractivity contribution in [2.75, 3.05) is 6.54 Å². The quantitative estimate of drug-likeness (QED) is 0.813. The van der Waals surface area contributed by atoms with Crippen LogP contribution in [0.25, 0.3) is 0 Å². The van der Waals surface area contributed by atoms with E-state index < -0.39 is 5.60 Å². The van der Waals surface area contributed by atoms with Crippen molar-refractivity contribution in [1.29, 1.82) is 0 Å². The molecule has 0 spiro atoms. The smallest absolute Gasteiger partial charge is 0.0774 e. The van der Waals surface area contributed by atoms with Gasteiger partial charge in [-0.2, -0.15) is 0 Å². The van der Waals surface area contributed by atoms with Gasteiger partial charge in [-0.1, -0.05) is 46.5 Å². The van der Waals surface area contributed by atoms with Crippen molar-refractivity contribution >= 4 is 0 Å². The van der Waals surface area contributed by atoms with Gasteiger partial charge in [0.1, 0.15) is 0 Å². The van der Waals surface area contributed by atoms with Crippen LogP contribution in [0.15, 0.2) is 0 Å². The monoisotopic (exact) mass is 267 g/mol. The summed E-state index contributed by atoms with van der Waals surface area (Å²) >= 11 is 0. The van der Waals surface area contributed by atoms with Crippen molar-refractivity contribution in [2.24, 2.45) is 17.8 Å². The minimum atomic E-state index is -0.428. The van der Waals surface area contributed by atoms with Gasteiger partial charge in [-0.3, -0.25) is 0 Å². The Morgan fingerprint density at radius 3 is 2.68 bits per heavy atom. The Bertz CT molecular complexity index is 278. The van der Waals surface area contributed by atoms with Gasteiger partial charge in [0.2, 0.25) is 0 Å². The third-order valence-electron chi connectivity index (χ3n) is 5.44. The number of nitrogens with one attached hydrogen (secondary N) is 1. The molecule has 0 aromatic heterocycles. The summed E-state index contributed by atoms with van der Waals surface area (Å²) in [6, 6.07) is 0.641. The molecule has 2 aliphatic carbocycles. The molecule has 0 amide bonds. The highest BCUT2D eigenvalue weighted by Gasteiger charge is 2.33. The van der Waals surface area contributed by atoms with Crippen molar-refractivity contribution in [3.8, 4) is 0 Å². The van der Waals surface area contributed by atoms with Gasteiger partial charge in [-0.25, -0.2) is 0 Å². The first kappa shape index (κ1) is 15.3. The van der Waals surface area contributed by atoms with Crippen LogP contribution < -0.4 is 5.32 Å². The lowest BCUT2D eigenvalue weighted by molar-refractivity contribution is -0.0153. The molecule has 0 bridgehead atoms.